The van der Waals surface area contributed by atoms with Gasteiger partial charge in [-0.1, -0.05) is 192 Å². The highest BCUT2D eigenvalue weighted by molar-refractivity contribution is 5.98. The van der Waals surface area contributed by atoms with Crippen LogP contribution in [0.5, 0.6) is 0 Å². The smallest absolute Gasteiger partial charge is 0.0714 e. The third-order valence-corrected chi connectivity index (χ3v) is 18.5. The van der Waals surface area contributed by atoms with Gasteiger partial charge in [0.1, 0.15) is 0 Å². The molecule has 0 atom stereocenters. The van der Waals surface area contributed by atoms with Gasteiger partial charge in [0.05, 0.1) is 11.1 Å². The van der Waals surface area contributed by atoms with Crippen LogP contribution in [0.3, 0.4) is 0 Å². The Morgan fingerprint density at radius 1 is 0.333 bits per heavy atom. The highest BCUT2D eigenvalue weighted by Crippen LogP contribution is 2.61. The third kappa shape index (κ3) is 6.90. The summed E-state index contributed by atoms with van der Waals surface area (Å²) in [4.78, 5) is 2.72. The summed E-state index contributed by atoms with van der Waals surface area (Å²) in [6.45, 7) is 32.1. The van der Waals surface area contributed by atoms with Gasteiger partial charge >= 0.3 is 0 Å². The van der Waals surface area contributed by atoms with Gasteiger partial charge in [0.2, 0.25) is 0 Å². The highest BCUT2D eigenvalue weighted by Gasteiger charge is 2.48. The van der Waals surface area contributed by atoms with Crippen molar-refractivity contribution >= 4 is 17.1 Å². The summed E-state index contributed by atoms with van der Waals surface area (Å²) in [7, 11) is 0. The Bertz CT molecular complexity index is 3050. The number of nitrogens with zero attached hydrogens (tertiary/aromatic N) is 1. The maximum atomic E-state index is 2.72. The van der Waals surface area contributed by atoms with Crippen molar-refractivity contribution in [1.29, 1.82) is 0 Å². The zero-order chi connectivity index (χ0) is 48.7. The molecule has 0 heterocycles. The molecule has 0 saturated carbocycles. The Morgan fingerprint density at radius 2 is 0.768 bits per heavy atom. The molecule has 0 amide bonds. The molecule has 0 unspecified atom stereocenters. The number of fused-ring (bicyclic) bond motifs is 6. The van der Waals surface area contributed by atoms with E-state index >= 15 is 0 Å². The minimum atomic E-state index is -0.552. The minimum absolute atomic E-state index is 0.0219. The lowest BCUT2D eigenvalue weighted by Crippen LogP contribution is -2.35. The van der Waals surface area contributed by atoms with Crippen molar-refractivity contribution in [3.05, 3.63) is 207 Å². The molecule has 0 fully saturated rings. The Kier molecular flexibility index (Phi) is 10.2. The van der Waals surface area contributed by atoms with Crippen molar-refractivity contribution < 1.29 is 0 Å². The van der Waals surface area contributed by atoms with E-state index in [9.17, 15) is 0 Å². The summed E-state index contributed by atoms with van der Waals surface area (Å²) >= 11 is 0. The zero-order valence-electron chi connectivity index (χ0n) is 44.0. The number of aryl methyl sites for hydroxylation is 1. The molecular formula is C68H75N. The SMILES string of the molecule is Cc1ccc2c(c1-c1cc3c(cc1N(c1ccc4c(c1)C(C)(C)CCC4(C)C)c1ccc4c(c1)C(C)(C)CCC4(C)C)C(c1ccccc1)(c1ccccc1)c1ccccc1-3)C(C)(C)CCC2(C)C. The first-order valence-electron chi connectivity index (χ1n) is 26.2. The van der Waals surface area contributed by atoms with Gasteiger partial charge in [0.15, 0.2) is 0 Å². The van der Waals surface area contributed by atoms with Gasteiger partial charge in [0.25, 0.3) is 0 Å². The molecule has 0 radical (unpaired) electrons. The first-order valence-corrected chi connectivity index (χ1v) is 26.2. The van der Waals surface area contributed by atoms with Gasteiger partial charge in [-0.25, -0.2) is 0 Å². The van der Waals surface area contributed by atoms with Crippen LogP contribution in [-0.2, 0) is 37.9 Å². The molecule has 69 heavy (non-hydrogen) atoms. The van der Waals surface area contributed by atoms with Crippen LogP contribution in [0.4, 0.5) is 17.1 Å². The highest BCUT2D eigenvalue weighted by atomic mass is 15.1. The Morgan fingerprint density at radius 3 is 1.29 bits per heavy atom. The summed E-state index contributed by atoms with van der Waals surface area (Å²) in [5, 5.41) is 0. The Hall–Kier alpha value is -5.66. The molecule has 4 aliphatic carbocycles. The molecule has 11 rings (SSSR count). The van der Waals surface area contributed by atoms with Crippen molar-refractivity contribution in [2.75, 3.05) is 4.90 Å². The monoisotopic (exact) mass is 906 g/mol. The molecule has 0 bridgehead atoms. The van der Waals surface area contributed by atoms with Crippen LogP contribution in [-0.4, -0.2) is 0 Å². The second-order valence-electron chi connectivity index (χ2n) is 25.7. The van der Waals surface area contributed by atoms with Crippen molar-refractivity contribution in [2.24, 2.45) is 0 Å². The molecule has 0 saturated heterocycles. The minimum Gasteiger partial charge on any atom is -0.310 e. The number of hydrogen-bond acceptors (Lipinski definition) is 1. The fourth-order valence-electron chi connectivity index (χ4n) is 13.9. The number of benzene rings is 7. The molecule has 0 N–H and O–H groups in total. The van der Waals surface area contributed by atoms with E-state index < -0.39 is 5.41 Å². The summed E-state index contributed by atoms with van der Waals surface area (Å²) in [5.41, 5.74) is 24.4. The normalized spacial score (nSPS) is 20.1. The molecule has 7 aromatic carbocycles. The summed E-state index contributed by atoms with van der Waals surface area (Å²) in [6, 6.07) is 57.5. The van der Waals surface area contributed by atoms with Gasteiger partial charge in [-0.3, -0.25) is 0 Å². The second-order valence-corrected chi connectivity index (χ2v) is 25.7. The van der Waals surface area contributed by atoms with Gasteiger partial charge in [-0.15, -0.1) is 0 Å². The van der Waals surface area contributed by atoms with Crippen molar-refractivity contribution in [3.8, 4) is 22.3 Å². The summed E-state index contributed by atoms with van der Waals surface area (Å²) < 4.78 is 0. The second kappa shape index (κ2) is 15.4. The molecule has 1 nitrogen and oxygen atoms in total. The van der Waals surface area contributed by atoms with Crippen LogP contribution in [0.25, 0.3) is 22.3 Å². The van der Waals surface area contributed by atoms with E-state index in [1.165, 1.54) is 120 Å². The van der Waals surface area contributed by atoms with E-state index in [1.54, 1.807) is 0 Å². The van der Waals surface area contributed by atoms with Gasteiger partial charge in [0, 0.05) is 16.9 Å². The van der Waals surface area contributed by atoms with Crippen molar-refractivity contribution in [2.45, 2.75) is 166 Å². The van der Waals surface area contributed by atoms with Crippen LogP contribution in [0, 0.1) is 6.92 Å². The molecule has 0 aromatic heterocycles. The topological polar surface area (TPSA) is 3.24 Å². The lowest BCUT2D eigenvalue weighted by atomic mass is 9.61. The van der Waals surface area contributed by atoms with Gasteiger partial charge in [-0.2, -0.15) is 0 Å². The average Bonchev–Trinajstić information content (AvgIpc) is 3.61. The lowest BCUT2D eigenvalue weighted by molar-refractivity contribution is 0.332. The Labute approximate surface area is 415 Å². The standard InChI is InChI=1S/C68H75N/c1-44-28-31-55-61(67(12,13)39-38-64(55,6)7)60(44)51-42-50-49-26-20-21-27-52(49)68(45-22-16-14-17-23-45,46-24-18-15-19-25-46)56(50)43-59(51)69(47-29-32-53-57(40-47)65(8,9)36-34-62(53,2)3)48-30-33-54-58(41-48)66(10,11)37-35-63(54,4)5/h14-33,40-43H,34-39H2,1-13H3. The fourth-order valence-corrected chi connectivity index (χ4v) is 13.9. The number of hydrogen-bond donors (Lipinski definition) is 0. The summed E-state index contributed by atoms with van der Waals surface area (Å²) in [5.74, 6) is 0. The maximum Gasteiger partial charge on any atom is 0.0714 e. The van der Waals surface area contributed by atoms with E-state index in [4.69, 9.17) is 0 Å². The number of anilines is 3. The predicted octanol–water partition coefficient (Wildman–Crippen LogP) is 18.5. The van der Waals surface area contributed by atoms with Crippen LogP contribution in [0.2, 0.25) is 0 Å². The molecule has 352 valence electrons. The van der Waals surface area contributed by atoms with Crippen molar-refractivity contribution in [3.63, 3.8) is 0 Å². The van der Waals surface area contributed by atoms with Crippen LogP contribution in [0.15, 0.2) is 146 Å². The van der Waals surface area contributed by atoms with Crippen LogP contribution in [0.1, 0.15) is 183 Å². The third-order valence-electron chi connectivity index (χ3n) is 18.5. The number of rotatable bonds is 6. The van der Waals surface area contributed by atoms with E-state index in [-0.39, 0.29) is 32.5 Å². The molecular weight excluding hydrogens is 831 g/mol. The summed E-state index contributed by atoms with van der Waals surface area (Å²) in [6.07, 6.45) is 7.02. The maximum absolute atomic E-state index is 2.72. The molecule has 0 aliphatic heterocycles. The predicted molar refractivity (Wildman–Crippen MR) is 294 cm³/mol. The van der Waals surface area contributed by atoms with E-state index in [1.807, 2.05) is 0 Å². The quantitative estimate of drug-likeness (QED) is 0.161. The molecule has 4 aliphatic rings. The van der Waals surface area contributed by atoms with Gasteiger partial charge in [-0.05, 0) is 192 Å². The van der Waals surface area contributed by atoms with E-state index in [0.29, 0.717) is 0 Å². The first kappa shape index (κ1) is 45.8. The van der Waals surface area contributed by atoms with Crippen molar-refractivity contribution in [1.82, 2.24) is 0 Å². The van der Waals surface area contributed by atoms with Gasteiger partial charge < -0.3 is 4.90 Å². The van der Waals surface area contributed by atoms with E-state index in [2.05, 4.69) is 241 Å². The molecule has 1 heteroatoms. The fraction of sp³-hybridized carbons (Fsp3) is 0.382. The average molecular weight is 906 g/mol. The molecule has 0 spiro atoms. The zero-order valence-corrected chi connectivity index (χ0v) is 44.0. The van der Waals surface area contributed by atoms with Crippen LogP contribution < -0.4 is 4.90 Å². The lowest BCUT2D eigenvalue weighted by Gasteiger charge is -2.45. The molecule has 7 aromatic rings. The first-order chi connectivity index (χ1) is 32.6. The van der Waals surface area contributed by atoms with Crippen LogP contribution >= 0.6 is 0 Å². The largest absolute Gasteiger partial charge is 0.310 e. The Balaban J connectivity index is 1.33. The van der Waals surface area contributed by atoms with E-state index in [0.717, 1.165) is 19.3 Å².